The molecule has 0 aliphatic carbocycles. The lowest BCUT2D eigenvalue weighted by atomic mass is 10.0. The molecule has 0 aromatic heterocycles. The normalized spacial score (nSPS) is 14.0. The number of phosphoric acid groups is 1. The highest BCUT2D eigenvalue weighted by atomic mass is 31.2. The molecule has 9 heteroatoms. The van der Waals surface area contributed by atoms with E-state index in [0.717, 1.165) is 38.5 Å². The number of hydrogen-bond acceptors (Lipinski definition) is 5. The van der Waals surface area contributed by atoms with Crippen molar-refractivity contribution in [1.29, 1.82) is 0 Å². The summed E-state index contributed by atoms with van der Waals surface area (Å²) in [6, 6.07) is -0.840. The monoisotopic (exact) mass is 942 g/mol. The van der Waals surface area contributed by atoms with Crippen molar-refractivity contribution in [2.24, 2.45) is 0 Å². The summed E-state index contributed by atoms with van der Waals surface area (Å²) in [5, 5.41) is 13.9. The minimum atomic E-state index is -4.34. The van der Waals surface area contributed by atoms with Gasteiger partial charge in [0.1, 0.15) is 13.2 Å². The molecule has 0 aliphatic rings. The standard InChI is InChI=1S/C56H113N2O6P/c1-6-8-10-12-14-16-18-20-21-22-23-24-25-26-27-28-29-30-31-32-33-34-35-36-37-38-40-42-44-46-48-50-56(60)57-54(53-64-65(61,62)63-52-51-58(3,4)5)55(59)49-47-45-43-41-39-19-17-15-13-11-9-7-2/h47,49,54-55,59H,6-46,48,50-53H2,1-5H3,(H-,57,60,61,62)/p+1/b49-47+/t54-,55+/m0/s1. The Morgan fingerprint density at radius 2 is 0.815 bits per heavy atom. The first kappa shape index (κ1) is 64.2. The summed E-state index contributed by atoms with van der Waals surface area (Å²) < 4.78 is 23.6. The van der Waals surface area contributed by atoms with Gasteiger partial charge in [0.05, 0.1) is 39.9 Å². The zero-order chi connectivity index (χ0) is 47.8. The molecule has 388 valence electrons. The van der Waals surface area contributed by atoms with Crippen LogP contribution in [-0.4, -0.2) is 73.4 Å². The maximum absolute atomic E-state index is 12.9. The highest BCUT2D eigenvalue weighted by molar-refractivity contribution is 7.47. The van der Waals surface area contributed by atoms with E-state index in [1.165, 1.54) is 231 Å². The number of nitrogens with zero attached hydrogens (tertiary/aromatic N) is 1. The highest BCUT2D eigenvalue weighted by Gasteiger charge is 2.27. The van der Waals surface area contributed by atoms with Crippen LogP contribution in [0, 0.1) is 0 Å². The zero-order valence-electron chi connectivity index (χ0n) is 44.3. The zero-order valence-corrected chi connectivity index (χ0v) is 45.2. The van der Waals surface area contributed by atoms with Crippen LogP contribution in [0.4, 0.5) is 0 Å². The number of phosphoric ester groups is 1. The number of allylic oxidation sites excluding steroid dienone is 1. The van der Waals surface area contributed by atoms with Crippen LogP contribution in [-0.2, 0) is 18.4 Å². The average Bonchev–Trinajstić information content (AvgIpc) is 3.26. The summed E-state index contributed by atoms with van der Waals surface area (Å²) in [7, 11) is 1.59. The number of carbonyl (C=O) groups is 1. The lowest BCUT2D eigenvalue weighted by Gasteiger charge is -2.25. The molecule has 0 spiro atoms. The summed E-state index contributed by atoms with van der Waals surface area (Å²) in [5.41, 5.74) is 0. The Bertz CT molecular complexity index is 1070. The predicted octanol–water partition coefficient (Wildman–Crippen LogP) is 17.0. The highest BCUT2D eigenvalue weighted by Crippen LogP contribution is 2.43. The summed E-state index contributed by atoms with van der Waals surface area (Å²) in [4.78, 5) is 23.2. The molecule has 0 saturated heterocycles. The number of hydrogen-bond donors (Lipinski definition) is 3. The van der Waals surface area contributed by atoms with Crippen molar-refractivity contribution in [2.75, 3.05) is 40.9 Å². The van der Waals surface area contributed by atoms with Gasteiger partial charge < -0.3 is 19.8 Å². The summed E-state index contributed by atoms with van der Waals surface area (Å²) >= 11 is 0. The van der Waals surface area contributed by atoms with Crippen molar-refractivity contribution in [3.63, 3.8) is 0 Å². The lowest BCUT2D eigenvalue weighted by molar-refractivity contribution is -0.870. The van der Waals surface area contributed by atoms with Crippen molar-refractivity contribution >= 4 is 13.7 Å². The molecule has 3 atom stereocenters. The van der Waals surface area contributed by atoms with E-state index < -0.39 is 20.0 Å². The number of quaternary nitrogens is 1. The van der Waals surface area contributed by atoms with Crippen LogP contribution in [0.2, 0.25) is 0 Å². The Labute approximate surface area is 405 Å². The Morgan fingerprint density at radius 1 is 0.508 bits per heavy atom. The summed E-state index contributed by atoms with van der Waals surface area (Å²) in [6.45, 7) is 4.84. The van der Waals surface area contributed by atoms with Crippen LogP contribution < -0.4 is 5.32 Å². The summed E-state index contributed by atoms with van der Waals surface area (Å²) in [5.74, 6) is -0.171. The van der Waals surface area contributed by atoms with Crippen LogP contribution >= 0.6 is 7.82 Å². The van der Waals surface area contributed by atoms with E-state index in [0.29, 0.717) is 17.4 Å². The molecule has 0 aliphatic heterocycles. The number of unbranched alkanes of at least 4 members (excludes halogenated alkanes) is 40. The smallest absolute Gasteiger partial charge is 0.387 e. The molecule has 65 heavy (non-hydrogen) atoms. The van der Waals surface area contributed by atoms with E-state index in [2.05, 4.69) is 19.2 Å². The fourth-order valence-corrected chi connectivity index (χ4v) is 9.49. The molecule has 0 fully saturated rings. The largest absolute Gasteiger partial charge is 0.472 e. The van der Waals surface area contributed by atoms with Gasteiger partial charge in [0.2, 0.25) is 5.91 Å². The van der Waals surface area contributed by atoms with Gasteiger partial charge in [-0.25, -0.2) is 4.57 Å². The number of rotatable bonds is 53. The van der Waals surface area contributed by atoms with E-state index in [1.54, 1.807) is 6.08 Å². The van der Waals surface area contributed by atoms with Gasteiger partial charge in [0.15, 0.2) is 0 Å². The molecule has 0 heterocycles. The quantitative estimate of drug-likeness (QED) is 0.0243. The molecule has 0 aromatic carbocycles. The van der Waals surface area contributed by atoms with Crippen molar-refractivity contribution < 1.29 is 32.9 Å². The van der Waals surface area contributed by atoms with E-state index in [-0.39, 0.29) is 19.1 Å². The number of aliphatic hydroxyl groups excluding tert-OH is 1. The minimum absolute atomic E-state index is 0.0648. The number of nitrogens with one attached hydrogen (secondary N) is 1. The van der Waals surface area contributed by atoms with Crippen LogP contribution in [0.25, 0.3) is 0 Å². The molecule has 0 radical (unpaired) electrons. The second kappa shape index (κ2) is 48.3. The Balaban J connectivity index is 3.97. The van der Waals surface area contributed by atoms with Crippen molar-refractivity contribution in [1.82, 2.24) is 5.32 Å². The first-order valence-corrected chi connectivity index (χ1v) is 30.1. The average molecular weight is 943 g/mol. The first-order chi connectivity index (χ1) is 31.5. The SMILES string of the molecule is CCCCCCCCCCCC/C=C/[C@@H](O)[C@H](COP(=O)(O)OCC[N+](C)(C)C)NC(=O)CCCCCCCCCCCCCCCCCCCCCCCCCCCCCCCCC. The predicted molar refractivity (Wildman–Crippen MR) is 282 cm³/mol. The first-order valence-electron chi connectivity index (χ1n) is 28.6. The van der Waals surface area contributed by atoms with Gasteiger partial charge in [0.25, 0.3) is 0 Å². The molecule has 8 nitrogen and oxygen atoms in total. The molecule has 0 rings (SSSR count). The third kappa shape index (κ3) is 50.9. The Morgan fingerprint density at radius 3 is 1.14 bits per heavy atom. The van der Waals surface area contributed by atoms with Crippen molar-refractivity contribution in [3.05, 3.63) is 12.2 Å². The second-order valence-corrected chi connectivity index (χ2v) is 22.5. The number of carbonyl (C=O) groups excluding carboxylic acids is 1. The van der Waals surface area contributed by atoms with E-state index in [9.17, 15) is 19.4 Å². The van der Waals surface area contributed by atoms with E-state index in [4.69, 9.17) is 9.05 Å². The molecule has 0 aromatic rings. The molecule has 1 amide bonds. The lowest BCUT2D eigenvalue weighted by Crippen LogP contribution is -2.45. The molecule has 3 N–H and O–H groups in total. The van der Waals surface area contributed by atoms with Gasteiger partial charge in [-0.15, -0.1) is 0 Å². The maximum Gasteiger partial charge on any atom is 0.472 e. The van der Waals surface area contributed by atoms with Gasteiger partial charge in [-0.2, -0.15) is 0 Å². The van der Waals surface area contributed by atoms with Gasteiger partial charge in [-0.3, -0.25) is 13.8 Å². The third-order valence-electron chi connectivity index (χ3n) is 13.3. The van der Waals surface area contributed by atoms with Gasteiger partial charge >= 0.3 is 7.82 Å². The molecule has 1 unspecified atom stereocenters. The maximum atomic E-state index is 12.9. The van der Waals surface area contributed by atoms with Crippen LogP contribution in [0.1, 0.15) is 290 Å². The van der Waals surface area contributed by atoms with Crippen LogP contribution in [0.15, 0.2) is 12.2 Å². The van der Waals surface area contributed by atoms with Gasteiger partial charge in [-0.1, -0.05) is 276 Å². The molecular weight excluding hydrogens is 828 g/mol. The summed E-state index contributed by atoms with van der Waals surface area (Å²) in [6.07, 6.45) is 59.0. The van der Waals surface area contributed by atoms with E-state index >= 15 is 0 Å². The minimum Gasteiger partial charge on any atom is -0.387 e. The third-order valence-corrected chi connectivity index (χ3v) is 14.2. The van der Waals surface area contributed by atoms with Crippen LogP contribution in [0.3, 0.4) is 0 Å². The Kier molecular flexibility index (Phi) is 47.7. The number of aliphatic hydroxyl groups is 1. The second-order valence-electron chi connectivity index (χ2n) is 21.0. The molecule has 0 bridgehead atoms. The fraction of sp³-hybridized carbons (Fsp3) is 0.946. The number of likely N-dealkylation sites (N-methyl/N-ethyl adjacent to an activating group) is 1. The van der Waals surface area contributed by atoms with E-state index in [1.807, 2.05) is 27.2 Å². The Hall–Kier alpha value is -0.760. The fourth-order valence-electron chi connectivity index (χ4n) is 8.75. The van der Waals surface area contributed by atoms with Crippen molar-refractivity contribution in [2.45, 2.75) is 302 Å². The topological polar surface area (TPSA) is 105 Å². The van der Waals surface area contributed by atoms with Crippen molar-refractivity contribution in [3.8, 4) is 0 Å². The van der Waals surface area contributed by atoms with Gasteiger partial charge in [-0.05, 0) is 19.3 Å². The van der Waals surface area contributed by atoms with Crippen LogP contribution in [0.5, 0.6) is 0 Å². The molecular formula is C56H114N2O6P+. The number of amides is 1. The van der Waals surface area contributed by atoms with Gasteiger partial charge in [0, 0.05) is 6.42 Å². The molecule has 0 saturated carbocycles.